The quantitative estimate of drug-likeness (QED) is 0.743. The molecule has 0 atom stereocenters. The number of carboxylic acid groups (broad SMARTS) is 1. The van der Waals surface area contributed by atoms with Crippen LogP contribution in [-0.2, 0) is 4.79 Å². The van der Waals surface area contributed by atoms with Crippen molar-refractivity contribution in [2.24, 2.45) is 0 Å². The molecule has 0 aliphatic heterocycles. The van der Waals surface area contributed by atoms with Crippen LogP contribution in [0, 0.1) is 0 Å². The molecule has 0 fully saturated rings. The highest BCUT2D eigenvalue weighted by Crippen LogP contribution is 2.15. The third kappa shape index (κ3) is 2.22. The lowest BCUT2D eigenvalue weighted by atomic mass is 10.4. The number of aromatic nitrogens is 4. The number of fused-ring (bicyclic) bond motifs is 1. The fourth-order valence-corrected chi connectivity index (χ4v) is 1.51. The van der Waals surface area contributed by atoms with Crippen molar-refractivity contribution in [1.82, 2.24) is 19.6 Å². The molecule has 2 aromatic heterocycles. The number of nitrogens with zero attached hydrogens (tertiary/aromatic N) is 5. The molecule has 17 heavy (non-hydrogen) atoms. The highest BCUT2D eigenvalue weighted by molar-refractivity contribution is 5.76. The fourth-order valence-electron chi connectivity index (χ4n) is 1.51. The van der Waals surface area contributed by atoms with E-state index < -0.39 is 5.97 Å². The summed E-state index contributed by atoms with van der Waals surface area (Å²) in [5.74, 6) is -0.456. The topological polar surface area (TPSA) is 83.6 Å². The number of hydrogen-bond donors (Lipinski definition) is 1. The Morgan fingerprint density at radius 3 is 3.18 bits per heavy atom. The lowest BCUT2D eigenvalue weighted by Gasteiger charge is -2.19. The van der Waals surface area contributed by atoms with E-state index in [0.29, 0.717) is 18.0 Å². The fraction of sp³-hybridized carbons (Fsp3) is 0.200. The predicted octanol–water partition coefficient (Wildman–Crippen LogP) is 0.201. The molecular weight excluding hydrogens is 222 g/mol. The largest absolute Gasteiger partial charge is 0.480 e. The maximum atomic E-state index is 10.8. The zero-order chi connectivity index (χ0) is 12.3. The summed E-state index contributed by atoms with van der Waals surface area (Å²) in [7, 11) is 0. The van der Waals surface area contributed by atoms with Gasteiger partial charge in [-0.2, -0.15) is 0 Å². The molecule has 1 N–H and O–H groups in total. The Labute approximate surface area is 97.0 Å². The SMILES string of the molecule is C=CCN(CC(=O)O)c1nccn2cnnc12. The van der Waals surface area contributed by atoms with Crippen LogP contribution in [0.2, 0.25) is 0 Å². The van der Waals surface area contributed by atoms with Gasteiger partial charge < -0.3 is 10.0 Å². The standard InChI is InChI=1S/C10H11N5O2/c1-2-4-14(6-8(16)17)9-10-13-12-7-15(10)5-3-11-9/h2-3,5,7H,1,4,6H2,(H,16,17). The minimum atomic E-state index is -0.935. The molecule has 0 unspecified atom stereocenters. The monoisotopic (exact) mass is 233 g/mol. The van der Waals surface area contributed by atoms with Gasteiger partial charge in [-0.3, -0.25) is 9.20 Å². The number of carboxylic acids is 1. The van der Waals surface area contributed by atoms with Crippen LogP contribution in [0.4, 0.5) is 5.82 Å². The van der Waals surface area contributed by atoms with E-state index in [9.17, 15) is 4.79 Å². The molecule has 2 rings (SSSR count). The smallest absolute Gasteiger partial charge is 0.323 e. The molecule has 0 aliphatic rings. The molecule has 7 heteroatoms. The van der Waals surface area contributed by atoms with E-state index in [2.05, 4.69) is 21.8 Å². The van der Waals surface area contributed by atoms with Crippen LogP contribution < -0.4 is 4.90 Å². The minimum Gasteiger partial charge on any atom is -0.480 e. The zero-order valence-corrected chi connectivity index (χ0v) is 9.02. The molecular formula is C10H11N5O2. The highest BCUT2D eigenvalue weighted by atomic mass is 16.4. The van der Waals surface area contributed by atoms with Crippen molar-refractivity contribution in [3.8, 4) is 0 Å². The van der Waals surface area contributed by atoms with E-state index in [1.54, 1.807) is 27.8 Å². The third-order valence-corrected chi connectivity index (χ3v) is 2.17. The molecule has 88 valence electrons. The van der Waals surface area contributed by atoms with Crippen molar-refractivity contribution in [3.05, 3.63) is 31.4 Å². The highest BCUT2D eigenvalue weighted by Gasteiger charge is 2.15. The number of anilines is 1. The molecule has 0 radical (unpaired) electrons. The molecule has 0 saturated carbocycles. The van der Waals surface area contributed by atoms with Gasteiger partial charge in [-0.1, -0.05) is 6.08 Å². The maximum absolute atomic E-state index is 10.8. The Bertz CT molecular complexity index is 550. The number of carbonyl (C=O) groups is 1. The molecule has 2 aromatic rings. The molecule has 0 spiro atoms. The first kappa shape index (κ1) is 11.1. The normalized spacial score (nSPS) is 10.4. The Morgan fingerprint density at radius 2 is 2.47 bits per heavy atom. The Morgan fingerprint density at radius 1 is 1.65 bits per heavy atom. The predicted molar refractivity (Wildman–Crippen MR) is 60.8 cm³/mol. The van der Waals surface area contributed by atoms with Crippen LogP contribution in [0.25, 0.3) is 5.65 Å². The molecule has 0 aromatic carbocycles. The van der Waals surface area contributed by atoms with E-state index in [1.165, 1.54) is 6.33 Å². The summed E-state index contributed by atoms with van der Waals surface area (Å²) < 4.78 is 1.68. The van der Waals surface area contributed by atoms with Gasteiger partial charge in [0.1, 0.15) is 12.9 Å². The van der Waals surface area contributed by atoms with Crippen LogP contribution in [0.3, 0.4) is 0 Å². The second-order valence-corrected chi connectivity index (χ2v) is 3.38. The summed E-state index contributed by atoms with van der Waals surface area (Å²) in [5.41, 5.74) is 0.524. The van der Waals surface area contributed by atoms with Crippen molar-refractivity contribution in [1.29, 1.82) is 0 Å². The van der Waals surface area contributed by atoms with Crippen LogP contribution in [-0.4, -0.2) is 43.7 Å². The van der Waals surface area contributed by atoms with Gasteiger partial charge in [0.2, 0.25) is 5.65 Å². The van der Waals surface area contributed by atoms with Crippen molar-refractivity contribution in [3.63, 3.8) is 0 Å². The van der Waals surface area contributed by atoms with Crippen molar-refractivity contribution in [2.45, 2.75) is 0 Å². The molecule has 0 aliphatic carbocycles. The summed E-state index contributed by atoms with van der Waals surface area (Å²) in [4.78, 5) is 16.5. The van der Waals surface area contributed by atoms with Crippen LogP contribution in [0.5, 0.6) is 0 Å². The lowest BCUT2D eigenvalue weighted by molar-refractivity contribution is -0.135. The van der Waals surface area contributed by atoms with Gasteiger partial charge in [0, 0.05) is 18.9 Å². The average molecular weight is 233 g/mol. The van der Waals surface area contributed by atoms with E-state index >= 15 is 0 Å². The van der Waals surface area contributed by atoms with E-state index in [4.69, 9.17) is 5.11 Å². The first-order valence-corrected chi connectivity index (χ1v) is 4.94. The molecule has 2 heterocycles. The van der Waals surface area contributed by atoms with E-state index in [1.807, 2.05) is 0 Å². The molecule has 0 amide bonds. The van der Waals surface area contributed by atoms with Gasteiger partial charge in [-0.25, -0.2) is 4.98 Å². The van der Waals surface area contributed by atoms with Crippen molar-refractivity contribution < 1.29 is 9.90 Å². The molecule has 0 saturated heterocycles. The Balaban J connectivity index is 2.43. The second kappa shape index (κ2) is 4.60. The van der Waals surface area contributed by atoms with Gasteiger partial charge >= 0.3 is 5.97 Å². The van der Waals surface area contributed by atoms with Gasteiger partial charge in [0.15, 0.2) is 5.82 Å². The zero-order valence-electron chi connectivity index (χ0n) is 9.02. The third-order valence-electron chi connectivity index (χ3n) is 2.17. The Kier molecular flexibility index (Phi) is 2.99. The summed E-state index contributed by atoms with van der Waals surface area (Å²) in [5, 5.41) is 16.5. The van der Waals surface area contributed by atoms with Crippen LogP contribution >= 0.6 is 0 Å². The van der Waals surface area contributed by atoms with Gasteiger partial charge in [0.05, 0.1) is 0 Å². The summed E-state index contributed by atoms with van der Waals surface area (Å²) in [6.45, 7) is 3.82. The van der Waals surface area contributed by atoms with Crippen molar-refractivity contribution in [2.75, 3.05) is 18.0 Å². The number of rotatable bonds is 5. The lowest BCUT2D eigenvalue weighted by Crippen LogP contribution is -2.31. The van der Waals surface area contributed by atoms with Gasteiger partial charge in [-0.15, -0.1) is 16.8 Å². The summed E-state index contributed by atoms with van der Waals surface area (Å²) in [6.07, 6.45) is 6.42. The van der Waals surface area contributed by atoms with Gasteiger partial charge in [0.25, 0.3) is 0 Å². The van der Waals surface area contributed by atoms with Crippen molar-refractivity contribution >= 4 is 17.4 Å². The summed E-state index contributed by atoms with van der Waals surface area (Å²) >= 11 is 0. The maximum Gasteiger partial charge on any atom is 0.323 e. The van der Waals surface area contributed by atoms with E-state index in [-0.39, 0.29) is 6.54 Å². The molecule has 0 bridgehead atoms. The van der Waals surface area contributed by atoms with Crippen LogP contribution in [0.1, 0.15) is 0 Å². The first-order valence-electron chi connectivity index (χ1n) is 4.94. The summed E-state index contributed by atoms with van der Waals surface area (Å²) in [6, 6.07) is 0. The Hall–Kier alpha value is -2.44. The molecule has 7 nitrogen and oxygen atoms in total. The van der Waals surface area contributed by atoms with Crippen LogP contribution in [0.15, 0.2) is 31.4 Å². The number of hydrogen-bond acceptors (Lipinski definition) is 5. The number of aliphatic carboxylic acids is 1. The second-order valence-electron chi connectivity index (χ2n) is 3.38. The van der Waals surface area contributed by atoms with Gasteiger partial charge in [-0.05, 0) is 0 Å². The minimum absolute atomic E-state index is 0.161. The van der Waals surface area contributed by atoms with E-state index in [0.717, 1.165) is 0 Å². The average Bonchev–Trinajstić information content (AvgIpc) is 2.75. The first-order chi connectivity index (χ1) is 8.22.